The summed E-state index contributed by atoms with van der Waals surface area (Å²) in [5, 5.41) is 16.2. The van der Waals surface area contributed by atoms with Crippen LogP contribution < -0.4 is 0 Å². The van der Waals surface area contributed by atoms with Crippen molar-refractivity contribution in [1.82, 2.24) is 9.78 Å². The van der Waals surface area contributed by atoms with E-state index in [-0.39, 0.29) is 0 Å². The minimum Gasteiger partial charge on any atom is -0.383 e. The third-order valence-corrected chi connectivity index (χ3v) is 3.08. The highest BCUT2D eigenvalue weighted by molar-refractivity contribution is 7.10. The number of hydrogen-bond donors (Lipinski definition) is 1. The molecule has 3 nitrogen and oxygen atoms in total. The average molecular weight is 208 g/mol. The minimum atomic E-state index is -0.538. The van der Waals surface area contributed by atoms with Gasteiger partial charge in [0.2, 0.25) is 0 Å². The van der Waals surface area contributed by atoms with Gasteiger partial charge in [0.1, 0.15) is 6.10 Å². The van der Waals surface area contributed by atoms with Crippen LogP contribution in [-0.2, 0) is 7.05 Å². The summed E-state index contributed by atoms with van der Waals surface area (Å²) in [6.07, 6.45) is 1.32. The van der Waals surface area contributed by atoms with Crippen LogP contribution in [0.15, 0.2) is 23.7 Å². The second kappa shape index (κ2) is 3.55. The van der Waals surface area contributed by atoms with Crippen molar-refractivity contribution >= 4 is 11.3 Å². The first-order chi connectivity index (χ1) is 6.68. The Hall–Kier alpha value is -1.13. The van der Waals surface area contributed by atoms with Crippen molar-refractivity contribution < 1.29 is 5.11 Å². The lowest BCUT2D eigenvalue weighted by molar-refractivity contribution is 0.223. The van der Waals surface area contributed by atoms with Gasteiger partial charge in [-0.05, 0) is 18.4 Å². The second-order valence-corrected chi connectivity index (χ2v) is 4.24. The van der Waals surface area contributed by atoms with Crippen LogP contribution in [0.5, 0.6) is 0 Å². The summed E-state index contributed by atoms with van der Waals surface area (Å²) in [7, 11) is 1.86. The molecular weight excluding hydrogens is 196 g/mol. The lowest BCUT2D eigenvalue weighted by atomic mass is 10.1. The quantitative estimate of drug-likeness (QED) is 0.818. The maximum absolute atomic E-state index is 10.0. The predicted molar refractivity (Wildman–Crippen MR) is 56.3 cm³/mol. The first-order valence-corrected chi connectivity index (χ1v) is 5.28. The number of hydrogen-bond acceptors (Lipinski definition) is 3. The van der Waals surface area contributed by atoms with Crippen molar-refractivity contribution in [3.8, 4) is 0 Å². The van der Waals surface area contributed by atoms with Crippen molar-refractivity contribution in [2.24, 2.45) is 7.05 Å². The summed E-state index contributed by atoms with van der Waals surface area (Å²) in [4.78, 5) is 0.959. The fourth-order valence-electron chi connectivity index (χ4n) is 1.49. The molecule has 1 unspecified atom stereocenters. The Bertz CT molecular complexity index is 419. The molecule has 2 heterocycles. The molecule has 74 valence electrons. The third-order valence-electron chi connectivity index (χ3n) is 2.16. The molecule has 0 saturated carbocycles. The Balaban J connectivity index is 2.36. The van der Waals surface area contributed by atoms with Crippen LogP contribution in [0.25, 0.3) is 0 Å². The van der Waals surface area contributed by atoms with E-state index in [2.05, 4.69) is 5.10 Å². The summed E-state index contributed by atoms with van der Waals surface area (Å²) in [5.41, 5.74) is 1.77. The zero-order chi connectivity index (χ0) is 10.1. The number of aromatic nitrogens is 2. The van der Waals surface area contributed by atoms with Gasteiger partial charge in [-0.15, -0.1) is 11.3 Å². The lowest BCUT2D eigenvalue weighted by Gasteiger charge is -2.05. The van der Waals surface area contributed by atoms with Crippen molar-refractivity contribution in [3.05, 3.63) is 39.8 Å². The van der Waals surface area contributed by atoms with Crippen LogP contribution in [-0.4, -0.2) is 14.9 Å². The lowest BCUT2D eigenvalue weighted by Crippen LogP contribution is -1.97. The number of aliphatic hydroxyl groups is 1. The van der Waals surface area contributed by atoms with Gasteiger partial charge in [0, 0.05) is 23.7 Å². The Morgan fingerprint density at radius 3 is 2.86 bits per heavy atom. The molecular formula is C10H12N2OS. The van der Waals surface area contributed by atoms with E-state index in [0.29, 0.717) is 0 Å². The number of aliphatic hydroxyl groups excluding tert-OH is 1. The van der Waals surface area contributed by atoms with Crippen molar-refractivity contribution in [2.45, 2.75) is 13.0 Å². The highest BCUT2D eigenvalue weighted by atomic mass is 32.1. The molecule has 4 heteroatoms. The zero-order valence-electron chi connectivity index (χ0n) is 8.14. The molecule has 0 aliphatic heterocycles. The molecule has 0 saturated heterocycles. The molecule has 1 N–H and O–H groups in total. The van der Waals surface area contributed by atoms with Gasteiger partial charge in [0.25, 0.3) is 0 Å². The summed E-state index contributed by atoms with van der Waals surface area (Å²) >= 11 is 1.56. The standard InChI is InChI=1S/C10H12N2OS/c1-7-8(6-12(2)11-7)10(13)9-4-3-5-14-9/h3-6,10,13H,1-2H3. The molecule has 0 aromatic carbocycles. The monoisotopic (exact) mass is 208 g/mol. The fraction of sp³-hybridized carbons (Fsp3) is 0.300. The third kappa shape index (κ3) is 1.58. The van der Waals surface area contributed by atoms with Gasteiger partial charge in [-0.2, -0.15) is 5.10 Å². The van der Waals surface area contributed by atoms with Crippen LogP contribution in [0.2, 0.25) is 0 Å². The van der Waals surface area contributed by atoms with Crippen LogP contribution in [0.4, 0.5) is 0 Å². The van der Waals surface area contributed by atoms with Gasteiger partial charge in [0.05, 0.1) is 5.69 Å². The summed E-state index contributed by atoms with van der Waals surface area (Å²) in [5.74, 6) is 0. The predicted octanol–water partition coefficient (Wildman–Crippen LogP) is 1.87. The molecule has 1 atom stereocenters. The molecule has 0 amide bonds. The molecule has 2 aromatic rings. The molecule has 14 heavy (non-hydrogen) atoms. The van der Waals surface area contributed by atoms with E-state index in [1.165, 1.54) is 0 Å². The molecule has 0 fully saturated rings. The second-order valence-electron chi connectivity index (χ2n) is 3.26. The highest BCUT2D eigenvalue weighted by Crippen LogP contribution is 2.27. The van der Waals surface area contributed by atoms with Gasteiger partial charge in [-0.25, -0.2) is 0 Å². The van der Waals surface area contributed by atoms with Gasteiger partial charge in [-0.3, -0.25) is 4.68 Å². The van der Waals surface area contributed by atoms with E-state index in [0.717, 1.165) is 16.1 Å². The van der Waals surface area contributed by atoms with E-state index >= 15 is 0 Å². The molecule has 0 radical (unpaired) electrons. The van der Waals surface area contributed by atoms with E-state index in [1.54, 1.807) is 16.0 Å². The van der Waals surface area contributed by atoms with Crippen LogP contribution in [0, 0.1) is 6.92 Å². The highest BCUT2D eigenvalue weighted by Gasteiger charge is 2.15. The Morgan fingerprint density at radius 1 is 1.57 bits per heavy atom. The largest absolute Gasteiger partial charge is 0.383 e. The fourth-order valence-corrected chi connectivity index (χ4v) is 2.21. The molecule has 0 bridgehead atoms. The molecule has 0 spiro atoms. The normalized spacial score (nSPS) is 13.1. The molecule has 2 aromatic heterocycles. The van der Waals surface area contributed by atoms with E-state index in [1.807, 2.05) is 37.7 Å². The Labute approximate surface area is 86.6 Å². The summed E-state index contributed by atoms with van der Waals surface area (Å²) in [6, 6.07) is 3.87. The van der Waals surface area contributed by atoms with Crippen LogP contribution >= 0.6 is 11.3 Å². The van der Waals surface area contributed by atoms with Gasteiger partial charge >= 0.3 is 0 Å². The van der Waals surface area contributed by atoms with E-state index in [4.69, 9.17) is 0 Å². The van der Waals surface area contributed by atoms with Gasteiger partial charge in [0.15, 0.2) is 0 Å². The molecule has 0 aliphatic carbocycles. The Kier molecular flexibility index (Phi) is 2.39. The maximum Gasteiger partial charge on any atom is 0.116 e. The van der Waals surface area contributed by atoms with Crippen LogP contribution in [0.3, 0.4) is 0 Å². The van der Waals surface area contributed by atoms with Crippen LogP contribution in [0.1, 0.15) is 22.2 Å². The van der Waals surface area contributed by atoms with Crippen molar-refractivity contribution in [2.75, 3.05) is 0 Å². The minimum absolute atomic E-state index is 0.538. The SMILES string of the molecule is Cc1nn(C)cc1C(O)c1cccs1. The first kappa shape index (κ1) is 9.43. The summed E-state index contributed by atoms with van der Waals surface area (Å²) in [6.45, 7) is 1.91. The topological polar surface area (TPSA) is 38.0 Å². The van der Waals surface area contributed by atoms with E-state index < -0.39 is 6.10 Å². The number of nitrogens with zero attached hydrogens (tertiary/aromatic N) is 2. The Morgan fingerprint density at radius 2 is 2.36 bits per heavy atom. The summed E-state index contributed by atoms with van der Waals surface area (Å²) < 4.78 is 1.72. The average Bonchev–Trinajstić information content (AvgIpc) is 2.73. The van der Waals surface area contributed by atoms with Gasteiger partial charge < -0.3 is 5.11 Å². The van der Waals surface area contributed by atoms with Crippen molar-refractivity contribution in [1.29, 1.82) is 0 Å². The zero-order valence-corrected chi connectivity index (χ0v) is 8.95. The maximum atomic E-state index is 10.0. The van der Waals surface area contributed by atoms with E-state index in [9.17, 15) is 5.11 Å². The number of aryl methyl sites for hydroxylation is 2. The first-order valence-electron chi connectivity index (χ1n) is 4.40. The molecule has 0 aliphatic rings. The molecule has 2 rings (SSSR count). The van der Waals surface area contributed by atoms with Gasteiger partial charge in [-0.1, -0.05) is 6.07 Å². The smallest absolute Gasteiger partial charge is 0.116 e. The number of thiophene rings is 1. The number of rotatable bonds is 2. The van der Waals surface area contributed by atoms with Crippen molar-refractivity contribution in [3.63, 3.8) is 0 Å².